The van der Waals surface area contributed by atoms with Crippen molar-refractivity contribution in [3.63, 3.8) is 0 Å². The summed E-state index contributed by atoms with van der Waals surface area (Å²) in [5, 5.41) is 10.5. The number of rotatable bonds is 9. The van der Waals surface area contributed by atoms with Crippen LogP contribution in [-0.2, 0) is 18.7 Å². The molecule has 5 nitrogen and oxygen atoms in total. The number of benzene rings is 3. The second-order valence-electron chi connectivity index (χ2n) is 7.49. The molecule has 1 heterocycles. The number of halogens is 1. The summed E-state index contributed by atoms with van der Waals surface area (Å²) in [4.78, 5) is 0. The van der Waals surface area contributed by atoms with Gasteiger partial charge in [0.15, 0.2) is 11.0 Å². The molecule has 0 bridgehead atoms. The zero-order chi connectivity index (χ0) is 22.3. The van der Waals surface area contributed by atoms with Crippen LogP contribution in [0.3, 0.4) is 0 Å². The number of nitrogens with zero attached hydrogens (tertiary/aromatic N) is 3. The van der Waals surface area contributed by atoms with Gasteiger partial charge in [0.25, 0.3) is 0 Å². The van der Waals surface area contributed by atoms with Gasteiger partial charge in [-0.1, -0.05) is 78.0 Å². The summed E-state index contributed by atoms with van der Waals surface area (Å²) < 4.78 is 7.47. The molecular weight excluding hydrogens is 440 g/mol. The molecule has 3 aromatic carbocycles. The highest BCUT2D eigenvalue weighted by Crippen LogP contribution is 2.27. The van der Waals surface area contributed by atoms with Gasteiger partial charge in [0.05, 0.1) is 19.7 Å². The van der Waals surface area contributed by atoms with Crippen molar-refractivity contribution in [2.24, 2.45) is 5.73 Å². The number of hydrogen-bond acceptors (Lipinski definition) is 5. The fourth-order valence-corrected chi connectivity index (χ4v) is 4.49. The number of thioether (sulfide) groups is 1. The summed E-state index contributed by atoms with van der Waals surface area (Å²) in [5.41, 5.74) is 10.0. The first kappa shape index (κ1) is 22.4. The minimum atomic E-state index is -0.279. The molecule has 7 heteroatoms. The molecule has 1 aromatic heterocycles. The Kier molecular flexibility index (Phi) is 7.47. The molecular formula is C25H25ClN4OS. The molecule has 0 aliphatic carbocycles. The third-order valence-corrected chi connectivity index (χ3v) is 6.42. The van der Waals surface area contributed by atoms with Gasteiger partial charge in [-0.15, -0.1) is 10.2 Å². The number of methoxy groups -OCH3 is 1. The van der Waals surface area contributed by atoms with Gasteiger partial charge in [-0.3, -0.25) is 0 Å². The molecule has 0 saturated heterocycles. The van der Waals surface area contributed by atoms with Crippen LogP contribution in [0.1, 0.15) is 28.6 Å². The van der Waals surface area contributed by atoms with Crippen LogP contribution < -0.4 is 10.5 Å². The number of hydrogen-bond donors (Lipinski definition) is 1. The van der Waals surface area contributed by atoms with Crippen molar-refractivity contribution in [1.29, 1.82) is 0 Å². The van der Waals surface area contributed by atoms with E-state index in [1.807, 2.05) is 60.7 Å². The Morgan fingerprint density at radius 1 is 0.938 bits per heavy atom. The average Bonchev–Trinajstić information content (AvgIpc) is 3.22. The summed E-state index contributed by atoms with van der Waals surface area (Å²) in [6.07, 6.45) is 0.657. The van der Waals surface area contributed by atoms with Crippen molar-refractivity contribution in [2.45, 2.75) is 29.9 Å². The van der Waals surface area contributed by atoms with Gasteiger partial charge >= 0.3 is 0 Å². The third-order valence-electron chi connectivity index (χ3n) is 5.13. The standard InChI is InChI=1S/C25H25ClN4OS/c1-31-22-9-5-8-20(14-22)17-32-25-29-28-24(30(25)16-19-6-3-2-4-7-19)23(27)15-18-10-12-21(26)13-11-18/h2-14,23H,15-17,27H2,1H3. The van der Waals surface area contributed by atoms with E-state index in [0.29, 0.717) is 18.0 Å². The fraction of sp³-hybridized carbons (Fsp3) is 0.200. The Labute approximate surface area is 197 Å². The topological polar surface area (TPSA) is 66.0 Å². The van der Waals surface area contributed by atoms with Gasteiger partial charge in [-0.2, -0.15) is 0 Å². The highest BCUT2D eigenvalue weighted by atomic mass is 35.5. The van der Waals surface area contributed by atoms with Crippen molar-refractivity contribution in [2.75, 3.05) is 7.11 Å². The van der Waals surface area contributed by atoms with Crippen LogP contribution in [0, 0.1) is 0 Å². The van der Waals surface area contributed by atoms with Crippen LogP contribution in [0.2, 0.25) is 5.02 Å². The maximum Gasteiger partial charge on any atom is 0.191 e. The van der Waals surface area contributed by atoms with E-state index >= 15 is 0 Å². The normalized spacial score (nSPS) is 12.0. The molecule has 0 aliphatic rings. The van der Waals surface area contributed by atoms with Crippen LogP contribution in [-0.4, -0.2) is 21.9 Å². The summed E-state index contributed by atoms with van der Waals surface area (Å²) >= 11 is 7.67. The molecule has 32 heavy (non-hydrogen) atoms. The second kappa shape index (κ2) is 10.7. The highest BCUT2D eigenvalue weighted by Gasteiger charge is 2.19. The molecule has 1 atom stereocenters. The van der Waals surface area contributed by atoms with E-state index in [9.17, 15) is 0 Å². The minimum Gasteiger partial charge on any atom is -0.497 e. The molecule has 4 aromatic rings. The minimum absolute atomic E-state index is 0.279. The van der Waals surface area contributed by atoms with E-state index in [-0.39, 0.29) is 6.04 Å². The molecule has 0 aliphatic heterocycles. The Morgan fingerprint density at radius 2 is 1.69 bits per heavy atom. The predicted molar refractivity (Wildman–Crippen MR) is 130 cm³/mol. The summed E-state index contributed by atoms with van der Waals surface area (Å²) in [5.74, 6) is 2.38. The first-order valence-corrected chi connectivity index (χ1v) is 11.7. The van der Waals surface area contributed by atoms with Gasteiger partial charge in [-0.05, 0) is 47.4 Å². The highest BCUT2D eigenvalue weighted by molar-refractivity contribution is 7.98. The Morgan fingerprint density at radius 3 is 2.44 bits per heavy atom. The van der Waals surface area contributed by atoms with Crippen molar-refractivity contribution in [3.05, 3.63) is 106 Å². The van der Waals surface area contributed by atoms with Crippen molar-refractivity contribution >= 4 is 23.4 Å². The fourth-order valence-electron chi connectivity index (χ4n) is 3.47. The van der Waals surface area contributed by atoms with Crippen molar-refractivity contribution in [1.82, 2.24) is 14.8 Å². The summed E-state index contributed by atoms with van der Waals surface area (Å²) in [7, 11) is 1.68. The first-order chi connectivity index (χ1) is 15.6. The molecule has 2 N–H and O–H groups in total. The van der Waals surface area contributed by atoms with E-state index in [1.54, 1.807) is 18.9 Å². The largest absolute Gasteiger partial charge is 0.497 e. The van der Waals surface area contributed by atoms with Gasteiger partial charge in [0.2, 0.25) is 0 Å². The first-order valence-electron chi connectivity index (χ1n) is 10.3. The predicted octanol–water partition coefficient (Wildman–Crippen LogP) is 5.52. The van der Waals surface area contributed by atoms with Crippen molar-refractivity contribution in [3.8, 4) is 5.75 Å². The number of aromatic nitrogens is 3. The van der Waals surface area contributed by atoms with Crippen LogP contribution in [0.4, 0.5) is 0 Å². The lowest BCUT2D eigenvalue weighted by Crippen LogP contribution is -2.20. The van der Waals surface area contributed by atoms with E-state index in [0.717, 1.165) is 33.6 Å². The number of nitrogens with two attached hydrogens (primary N) is 1. The lowest BCUT2D eigenvalue weighted by Gasteiger charge is -2.15. The van der Waals surface area contributed by atoms with E-state index in [4.69, 9.17) is 22.1 Å². The van der Waals surface area contributed by atoms with Crippen LogP contribution >= 0.6 is 23.4 Å². The van der Waals surface area contributed by atoms with Crippen LogP contribution in [0.25, 0.3) is 0 Å². The molecule has 1 unspecified atom stereocenters. The Hall–Kier alpha value is -2.80. The van der Waals surface area contributed by atoms with Crippen molar-refractivity contribution < 1.29 is 4.74 Å². The molecule has 0 saturated carbocycles. The van der Waals surface area contributed by atoms with Gasteiger partial charge in [0, 0.05) is 10.8 Å². The Balaban J connectivity index is 1.57. The SMILES string of the molecule is COc1cccc(CSc2nnc(C(N)Cc3ccc(Cl)cc3)n2Cc2ccccc2)c1. The third kappa shape index (κ3) is 5.71. The zero-order valence-corrected chi connectivity index (χ0v) is 19.4. The Bertz CT molecular complexity index is 1150. The summed E-state index contributed by atoms with van der Waals surface area (Å²) in [6.45, 7) is 0.665. The maximum absolute atomic E-state index is 6.60. The monoisotopic (exact) mass is 464 g/mol. The molecule has 4 rings (SSSR count). The van der Waals surface area contributed by atoms with Crippen LogP contribution in [0.5, 0.6) is 5.75 Å². The molecule has 0 radical (unpaired) electrons. The van der Waals surface area contributed by atoms with Gasteiger partial charge in [-0.25, -0.2) is 0 Å². The molecule has 0 fully saturated rings. The molecule has 0 amide bonds. The molecule has 164 valence electrons. The molecule has 0 spiro atoms. The van der Waals surface area contributed by atoms with Gasteiger partial charge in [0.1, 0.15) is 5.75 Å². The summed E-state index contributed by atoms with van der Waals surface area (Å²) in [6, 6.07) is 25.8. The quantitative estimate of drug-likeness (QED) is 0.330. The van der Waals surface area contributed by atoms with Gasteiger partial charge < -0.3 is 15.0 Å². The lowest BCUT2D eigenvalue weighted by molar-refractivity contribution is 0.414. The van der Waals surface area contributed by atoms with E-state index < -0.39 is 0 Å². The van der Waals surface area contributed by atoms with Crippen LogP contribution in [0.15, 0.2) is 84.0 Å². The maximum atomic E-state index is 6.60. The second-order valence-corrected chi connectivity index (χ2v) is 8.87. The average molecular weight is 465 g/mol. The van der Waals surface area contributed by atoms with E-state index in [2.05, 4.69) is 33.0 Å². The smallest absolute Gasteiger partial charge is 0.191 e. The lowest BCUT2D eigenvalue weighted by atomic mass is 10.1. The van der Waals surface area contributed by atoms with E-state index in [1.165, 1.54) is 5.56 Å². The number of ether oxygens (including phenoxy) is 1. The zero-order valence-electron chi connectivity index (χ0n) is 17.8.